The Hall–Kier alpha value is -3.57. The molecule has 0 bridgehead atoms. The van der Waals surface area contributed by atoms with Gasteiger partial charge < -0.3 is 19.5 Å². The summed E-state index contributed by atoms with van der Waals surface area (Å²) in [5.74, 6) is 0.394. The average molecular weight is 472 g/mol. The van der Waals surface area contributed by atoms with Crippen LogP contribution < -0.4 is 9.64 Å². The Labute approximate surface area is 207 Å². The lowest BCUT2D eigenvalue weighted by Crippen LogP contribution is -2.19. The molecule has 3 aromatic carbocycles. The second kappa shape index (κ2) is 11.2. The van der Waals surface area contributed by atoms with Crippen molar-refractivity contribution in [2.24, 2.45) is 0 Å². The number of rotatable bonds is 9. The molecule has 0 unspecified atom stereocenters. The highest BCUT2D eigenvalue weighted by molar-refractivity contribution is 5.90. The van der Waals surface area contributed by atoms with Crippen molar-refractivity contribution in [3.63, 3.8) is 0 Å². The van der Waals surface area contributed by atoms with E-state index in [1.807, 2.05) is 31.2 Å². The van der Waals surface area contributed by atoms with Gasteiger partial charge in [0.2, 0.25) is 0 Å². The van der Waals surface area contributed by atoms with Crippen molar-refractivity contribution in [1.82, 2.24) is 0 Å². The highest BCUT2D eigenvalue weighted by Gasteiger charge is 2.18. The van der Waals surface area contributed by atoms with Gasteiger partial charge in [0.05, 0.1) is 18.8 Å². The van der Waals surface area contributed by atoms with E-state index in [9.17, 15) is 9.90 Å². The third-order valence-electron chi connectivity index (χ3n) is 6.27. The first-order chi connectivity index (χ1) is 17.0. The molecule has 182 valence electrons. The zero-order chi connectivity index (χ0) is 24.8. The Morgan fingerprint density at radius 3 is 2.31 bits per heavy atom. The lowest BCUT2D eigenvalue weighted by molar-refractivity contribution is 0.0526. The Bertz CT molecular complexity index is 1190. The molecule has 3 aromatic rings. The van der Waals surface area contributed by atoms with Crippen molar-refractivity contribution in [2.75, 3.05) is 37.8 Å². The minimum Gasteiger partial charge on any atom is -0.491 e. The largest absolute Gasteiger partial charge is 0.491 e. The number of aliphatic hydroxyl groups excluding tert-OH is 1. The van der Waals surface area contributed by atoms with Crippen molar-refractivity contribution >= 4 is 17.2 Å². The third kappa shape index (κ3) is 5.57. The maximum absolute atomic E-state index is 12.0. The molecule has 0 saturated carbocycles. The Morgan fingerprint density at radius 2 is 1.66 bits per heavy atom. The van der Waals surface area contributed by atoms with Gasteiger partial charge in [0.1, 0.15) is 12.4 Å². The zero-order valence-corrected chi connectivity index (χ0v) is 20.5. The zero-order valence-electron chi connectivity index (χ0n) is 20.5. The summed E-state index contributed by atoms with van der Waals surface area (Å²) in [6, 6.07) is 20.0. The molecule has 1 aliphatic heterocycles. The lowest BCUT2D eigenvalue weighted by Gasteiger charge is -2.23. The van der Waals surface area contributed by atoms with Crippen LogP contribution in [0.25, 0.3) is 27.8 Å². The Morgan fingerprint density at radius 1 is 0.971 bits per heavy atom. The molecule has 0 aliphatic carbocycles. The number of allylic oxidation sites excluding steroid dienone is 1. The number of hydrogen-bond donors (Lipinski definition) is 1. The molecule has 35 heavy (non-hydrogen) atoms. The molecular weight excluding hydrogens is 438 g/mol. The predicted octanol–water partition coefficient (Wildman–Crippen LogP) is 6.20. The molecule has 1 saturated heterocycles. The van der Waals surface area contributed by atoms with Gasteiger partial charge in [-0.05, 0) is 85.4 Å². The van der Waals surface area contributed by atoms with E-state index in [0.717, 1.165) is 46.5 Å². The summed E-state index contributed by atoms with van der Waals surface area (Å²) < 4.78 is 11.0. The maximum atomic E-state index is 12.0. The van der Waals surface area contributed by atoms with E-state index in [1.54, 1.807) is 19.1 Å². The van der Waals surface area contributed by atoms with Crippen LogP contribution in [0.15, 0.2) is 67.2 Å². The first kappa shape index (κ1) is 24.6. The van der Waals surface area contributed by atoms with Crippen LogP contribution in [-0.2, 0) is 4.74 Å². The topological polar surface area (TPSA) is 59.0 Å². The van der Waals surface area contributed by atoms with Gasteiger partial charge in [0, 0.05) is 29.9 Å². The molecule has 4 rings (SSSR count). The number of aliphatic hydroxyl groups is 1. The van der Waals surface area contributed by atoms with Crippen LogP contribution in [0.4, 0.5) is 5.69 Å². The monoisotopic (exact) mass is 471 g/mol. The molecule has 0 amide bonds. The summed E-state index contributed by atoms with van der Waals surface area (Å²) in [5.41, 5.74) is 7.89. The number of carbonyl (C=O) groups is 1. The van der Waals surface area contributed by atoms with Gasteiger partial charge in [-0.15, -0.1) is 0 Å². The predicted molar refractivity (Wildman–Crippen MR) is 142 cm³/mol. The standard InChI is InChI=1S/C30H33NO4/c1-4-34-30(33)23-9-7-22(8-10-23)24-12-14-29(35-18-17-32)27(19-24)25-11-13-28(26(20-25)21(2)3)31-15-5-6-16-31/h7-14,19-20,32H,2,4-6,15-18H2,1,3H3. The van der Waals surface area contributed by atoms with E-state index in [0.29, 0.717) is 17.9 Å². The van der Waals surface area contributed by atoms with E-state index in [2.05, 4.69) is 35.7 Å². The molecule has 1 aliphatic rings. The van der Waals surface area contributed by atoms with Crippen molar-refractivity contribution in [3.8, 4) is 28.0 Å². The Balaban J connectivity index is 1.74. The highest BCUT2D eigenvalue weighted by atomic mass is 16.5. The smallest absolute Gasteiger partial charge is 0.338 e. The summed E-state index contributed by atoms with van der Waals surface area (Å²) >= 11 is 0. The second-order valence-electron chi connectivity index (χ2n) is 8.79. The second-order valence-corrected chi connectivity index (χ2v) is 8.79. The number of ether oxygens (including phenoxy) is 2. The Kier molecular flexibility index (Phi) is 7.88. The van der Waals surface area contributed by atoms with Gasteiger partial charge in [-0.3, -0.25) is 0 Å². The molecule has 5 heteroatoms. The summed E-state index contributed by atoms with van der Waals surface area (Å²) in [5, 5.41) is 9.33. The molecule has 5 nitrogen and oxygen atoms in total. The maximum Gasteiger partial charge on any atom is 0.338 e. The summed E-state index contributed by atoms with van der Waals surface area (Å²) in [6.07, 6.45) is 2.43. The molecule has 1 fully saturated rings. The van der Waals surface area contributed by atoms with Crippen molar-refractivity contribution < 1.29 is 19.4 Å². The van der Waals surface area contributed by atoms with Crippen LogP contribution in [0.3, 0.4) is 0 Å². The van der Waals surface area contributed by atoms with E-state index in [4.69, 9.17) is 9.47 Å². The number of carbonyl (C=O) groups excluding carboxylic acids is 1. The quantitative estimate of drug-likeness (QED) is 0.377. The third-order valence-corrected chi connectivity index (χ3v) is 6.27. The molecule has 0 aromatic heterocycles. The number of esters is 1. The number of anilines is 1. The molecule has 0 spiro atoms. The van der Waals surface area contributed by atoms with Gasteiger partial charge in [-0.2, -0.15) is 0 Å². The van der Waals surface area contributed by atoms with Gasteiger partial charge in [-0.25, -0.2) is 4.79 Å². The fourth-order valence-electron chi connectivity index (χ4n) is 4.51. The van der Waals surface area contributed by atoms with Crippen LogP contribution >= 0.6 is 0 Å². The minimum atomic E-state index is -0.321. The van der Waals surface area contributed by atoms with Crippen LogP contribution in [0, 0.1) is 0 Å². The fraction of sp³-hybridized carbons (Fsp3) is 0.300. The van der Waals surface area contributed by atoms with E-state index >= 15 is 0 Å². The number of benzene rings is 3. The van der Waals surface area contributed by atoms with Crippen LogP contribution in [0.5, 0.6) is 5.75 Å². The summed E-state index contributed by atoms with van der Waals surface area (Å²) in [6.45, 7) is 10.7. The SMILES string of the molecule is C=C(C)c1cc(-c2cc(-c3ccc(C(=O)OCC)cc3)ccc2OCCO)ccc1N1CCCC1. The van der Waals surface area contributed by atoms with Crippen molar-refractivity contribution in [1.29, 1.82) is 0 Å². The number of nitrogens with zero attached hydrogens (tertiary/aromatic N) is 1. The normalized spacial score (nSPS) is 13.1. The lowest BCUT2D eigenvalue weighted by atomic mass is 9.94. The number of hydrogen-bond acceptors (Lipinski definition) is 5. The molecule has 1 N–H and O–H groups in total. The van der Waals surface area contributed by atoms with Gasteiger partial charge >= 0.3 is 5.97 Å². The molecular formula is C30H33NO4. The molecule has 1 heterocycles. The molecule has 0 radical (unpaired) electrons. The molecule has 0 atom stereocenters. The summed E-state index contributed by atoms with van der Waals surface area (Å²) in [4.78, 5) is 14.4. The van der Waals surface area contributed by atoms with Crippen LogP contribution in [-0.4, -0.2) is 44.0 Å². The van der Waals surface area contributed by atoms with Gasteiger partial charge in [0.25, 0.3) is 0 Å². The van der Waals surface area contributed by atoms with E-state index < -0.39 is 0 Å². The van der Waals surface area contributed by atoms with Gasteiger partial charge in [-0.1, -0.05) is 30.8 Å². The van der Waals surface area contributed by atoms with Crippen molar-refractivity contribution in [2.45, 2.75) is 26.7 Å². The fourth-order valence-corrected chi connectivity index (χ4v) is 4.51. The first-order valence-corrected chi connectivity index (χ1v) is 12.2. The minimum absolute atomic E-state index is 0.0541. The highest BCUT2D eigenvalue weighted by Crippen LogP contribution is 2.38. The van der Waals surface area contributed by atoms with E-state index in [-0.39, 0.29) is 19.2 Å². The summed E-state index contributed by atoms with van der Waals surface area (Å²) in [7, 11) is 0. The van der Waals surface area contributed by atoms with E-state index in [1.165, 1.54) is 18.5 Å². The first-order valence-electron chi connectivity index (χ1n) is 12.2. The van der Waals surface area contributed by atoms with Crippen molar-refractivity contribution in [3.05, 3.63) is 78.4 Å². The van der Waals surface area contributed by atoms with Gasteiger partial charge in [0.15, 0.2) is 0 Å². The van der Waals surface area contributed by atoms with Crippen LogP contribution in [0.2, 0.25) is 0 Å². The van der Waals surface area contributed by atoms with Crippen LogP contribution in [0.1, 0.15) is 42.6 Å². The average Bonchev–Trinajstić information content (AvgIpc) is 3.42.